The lowest BCUT2D eigenvalue weighted by Gasteiger charge is -2.54. The number of phosphoric ester groups is 1. The van der Waals surface area contributed by atoms with Crippen LogP contribution in [0.5, 0.6) is 0 Å². The first-order valence-electron chi connectivity index (χ1n) is 12.2. The number of fused-ring (bicyclic) bond motifs is 4. The summed E-state index contributed by atoms with van der Waals surface area (Å²) in [6.45, 7) is 8.32. The highest BCUT2D eigenvalue weighted by Crippen LogP contribution is 2.83. The van der Waals surface area contributed by atoms with Crippen molar-refractivity contribution in [1.82, 2.24) is 0 Å². The maximum Gasteiger partial charge on any atom is 0.334 e. The first-order chi connectivity index (χ1) is 16.0. The monoisotopic (exact) mass is 496 g/mol. The molecule has 0 aromatic carbocycles. The molecule has 188 valence electrons. The fraction of sp³-hybridized carbons (Fsp3) is 0.870. The second kappa shape index (κ2) is 6.34. The summed E-state index contributed by atoms with van der Waals surface area (Å²) in [7, 11) is -5.25. The zero-order valence-electron chi connectivity index (χ0n) is 19.6. The van der Waals surface area contributed by atoms with Crippen LogP contribution in [0.15, 0.2) is 11.1 Å². The van der Waals surface area contributed by atoms with Crippen LogP contribution in [-0.2, 0) is 37.6 Å². The van der Waals surface area contributed by atoms with Crippen molar-refractivity contribution < 1.29 is 47.4 Å². The van der Waals surface area contributed by atoms with E-state index in [1.165, 1.54) is 0 Å². The summed E-state index contributed by atoms with van der Waals surface area (Å²) in [6.07, 6.45) is -0.222. The lowest BCUT2D eigenvalue weighted by atomic mass is 9.46. The molecule has 4 aliphatic heterocycles. The van der Waals surface area contributed by atoms with Gasteiger partial charge in [-0.2, -0.15) is 0 Å². The maximum absolute atomic E-state index is 12.3. The highest BCUT2D eigenvalue weighted by Gasteiger charge is 3.00. The van der Waals surface area contributed by atoms with Gasteiger partial charge in [0.05, 0.1) is 13.9 Å². The second-order valence-corrected chi connectivity index (χ2v) is 12.5. The van der Waals surface area contributed by atoms with Crippen molar-refractivity contribution in [3.63, 3.8) is 0 Å². The molecule has 3 aliphatic carbocycles. The maximum atomic E-state index is 12.3. The molecule has 7 rings (SSSR count). The summed E-state index contributed by atoms with van der Waals surface area (Å²) in [5.41, 5.74) is -0.681. The van der Waals surface area contributed by atoms with Gasteiger partial charge in [0, 0.05) is 11.0 Å². The van der Waals surface area contributed by atoms with Gasteiger partial charge in [0.1, 0.15) is 36.1 Å². The van der Waals surface area contributed by atoms with Gasteiger partial charge in [-0.15, -0.1) is 0 Å². The molecule has 0 amide bonds. The number of rotatable bonds is 6. The van der Waals surface area contributed by atoms with Gasteiger partial charge in [0.15, 0.2) is 11.9 Å². The summed E-state index contributed by atoms with van der Waals surface area (Å²) in [5, 5.41) is 0. The van der Waals surface area contributed by atoms with Crippen LogP contribution >= 0.6 is 7.82 Å². The third-order valence-electron chi connectivity index (χ3n) is 9.93. The fourth-order valence-electron chi connectivity index (χ4n) is 8.36. The van der Waals surface area contributed by atoms with Gasteiger partial charge >= 0.3 is 5.97 Å². The van der Waals surface area contributed by atoms with E-state index in [2.05, 4.69) is 6.92 Å². The molecule has 0 bridgehead atoms. The van der Waals surface area contributed by atoms with Crippen molar-refractivity contribution in [2.45, 2.75) is 101 Å². The van der Waals surface area contributed by atoms with Crippen molar-refractivity contribution >= 4 is 13.8 Å². The van der Waals surface area contributed by atoms with Crippen LogP contribution in [0.1, 0.15) is 53.4 Å². The molecule has 2 saturated carbocycles. The first-order valence-corrected chi connectivity index (χ1v) is 13.7. The Morgan fingerprint density at radius 2 is 1.97 bits per heavy atom. The molecule has 4 heterocycles. The predicted molar refractivity (Wildman–Crippen MR) is 109 cm³/mol. The van der Waals surface area contributed by atoms with Crippen molar-refractivity contribution in [2.75, 3.05) is 6.61 Å². The average molecular weight is 496 g/mol. The Bertz CT molecular complexity index is 1070. The third kappa shape index (κ3) is 2.34. The molecule has 0 radical (unpaired) electrons. The van der Waals surface area contributed by atoms with Gasteiger partial charge in [-0.05, 0) is 43.1 Å². The molecular weight excluding hydrogens is 467 g/mol. The summed E-state index contributed by atoms with van der Waals surface area (Å²) in [5.74, 6) is -0.0889. The molecule has 3 saturated heterocycles. The number of epoxide rings is 3. The average Bonchev–Trinajstić information content (AvgIpc) is 3.65. The number of phosphoric acid groups is 1. The highest BCUT2D eigenvalue weighted by molar-refractivity contribution is 7.43. The Morgan fingerprint density at radius 3 is 2.65 bits per heavy atom. The lowest BCUT2D eigenvalue weighted by molar-refractivity contribution is -0.356. The summed E-state index contributed by atoms with van der Waals surface area (Å²) in [4.78, 5) is 35.1. The van der Waals surface area contributed by atoms with E-state index in [-0.39, 0.29) is 48.0 Å². The van der Waals surface area contributed by atoms with Crippen molar-refractivity contribution in [3.05, 3.63) is 11.1 Å². The van der Waals surface area contributed by atoms with Crippen molar-refractivity contribution in [2.24, 2.45) is 17.3 Å². The molecule has 11 heteroatoms. The smallest absolute Gasteiger partial charge is 0.334 e. The number of hydrogen-bond acceptors (Lipinski definition) is 10. The molecule has 5 fully saturated rings. The number of carbonyl (C=O) groups is 1. The molecule has 10 nitrogen and oxygen atoms in total. The number of ether oxygens (including phenoxy) is 5. The van der Waals surface area contributed by atoms with Gasteiger partial charge in [-0.1, -0.05) is 27.7 Å². The van der Waals surface area contributed by atoms with Crippen LogP contribution < -0.4 is 9.79 Å². The minimum atomic E-state index is -5.25. The minimum Gasteiger partial charge on any atom is -0.790 e. The fourth-order valence-corrected chi connectivity index (χ4v) is 8.85. The Morgan fingerprint density at radius 1 is 1.21 bits per heavy atom. The minimum absolute atomic E-state index is 0.0415. The van der Waals surface area contributed by atoms with E-state index in [0.29, 0.717) is 19.4 Å². The van der Waals surface area contributed by atoms with Crippen LogP contribution in [0.3, 0.4) is 0 Å². The zero-order valence-corrected chi connectivity index (χ0v) is 20.5. The molecule has 0 N–H and O–H groups in total. The van der Waals surface area contributed by atoms with Crippen LogP contribution in [0.4, 0.5) is 0 Å². The van der Waals surface area contributed by atoms with Crippen LogP contribution in [0.25, 0.3) is 0 Å². The highest BCUT2D eigenvalue weighted by atomic mass is 31.2. The number of hydrogen-bond donors (Lipinski definition) is 0. The number of carbonyl (C=O) groups excluding carboxylic acids is 1. The van der Waals surface area contributed by atoms with Crippen LogP contribution in [-0.4, -0.2) is 60.1 Å². The van der Waals surface area contributed by atoms with Gasteiger partial charge in [-0.25, -0.2) is 4.79 Å². The van der Waals surface area contributed by atoms with E-state index in [9.17, 15) is 19.1 Å². The SMILES string of the molecule is CCC(O[C@@H]1[C@@]2(C(C)C)O[C@H]2[C@@H]2O[C@]23[C@]12O[C@H]2C[C@H]1C2=C(CC[C@@]13C)C(=O)OC2)OP(=O)([O-])[O-]. The van der Waals surface area contributed by atoms with Gasteiger partial charge in [0.25, 0.3) is 0 Å². The molecule has 1 unspecified atom stereocenters. The number of esters is 1. The van der Waals surface area contributed by atoms with Crippen molar-refractivity contribution in [3.8, 4) is 0 Å². The summed E-state index contributed by atoms with van der Waals surface area (Å²) < 4.78 is 47.5. The van der Waals surface area contributed by atoms with E-state index in [4.69, 9.17) is 28.2 Å². The second-order valence-electron chi connectivity index (χ2n) is 11.4. The van der Waals surface area contributed by atoms with E-state index < -0.39 is 37.0 Å². The first kappa shape index (κ1) is 22.4. The zero-order chi connectivity index (χ0) is 24.1. The van der Waals surface area contributed by atoms with Crippen LogP contribution in [0.2, 0.25) is 0 Å². The predicted octanol–water partition coefficient (Wildman–Crippen LogP) is 0.709. The Balaban J connectivity index is 1.31. The van der Waals surface area contributed by atoms with E-state index in [1.54, 1.807) is 6.92 Å². The molecule has 2 spiro atoms. The molecule has 10 atom stereocenters. The van der Waals surface area contributed by atoms with Crippen molar-refractivity contribution in [1.29, 1.82) is 0 Å². The molecule has 34 heavy (non-hydrogen) atoms. The van der Waals surface area contributed by atoms with E-state index >= 15 is 0 Å². The Hall–Kier alpha value is -0.840. The third-order valence-corrected chi connectivity index (χ3v) is 10.4. The molecule has 0 aromatic heterocycles. The quantitative estimate of drug-likeness (QED) is 0.223. The molecule has 7 aliphatic rings. The van der Waals surface area contributed by atoms with E-state index in [1.807, 2.05) is 13.8 Å². The Kier molecular flexibility index (Phi) is 4.17. The largest absolute Gasteiger partial charge is 0.790 e. The normalized spacial score (nSPS) is 52.6. The standard InChI is InChI=1S/C23H31O10P/c1-5-15(33-34(25,26)27)29-19-21(10(2)3)16(31-21)17-23(32-17)20(4)7-6-11-12(9-28-18(11)24)13(20)8-14-22(19,23)30-14/h10,13-17,19H,5-9H2,1-4H3,(H2,25,26,27)/p-2/t13-,14-,15?,16-,17-,19+,20-,21-,22+,23+/m0/s1. The Labute approximate surface area is 197 Å². The molecular formula is C23H29O10P-2. The summed E-state index contributed by atoms with van der Waals surface area (Å²) >= 11 is 0. The topological polar surface area (TPSA) is 146 Å². The van der Waals surface area contributed by atoms with Gasteiger partial charge < -0.3 is 42.6 Å². The molecule has 0 aromatic rings. The van der Waals surface area contributed by atoms with Gasteiger partial charge in [-0.3, -0.25) is 0 Å². The van der Waals surface area contributed by atoms with Crippen LogP contribution in [0, 0.1) is 17.3 Å². The van der Waals surface area contributed by atoms with Gasteiger partial charge in [0.2, 0.25) is 0 Å². The number of cyclic esters (lactones) is 1. The van der Waals surface area contributed by atoms with E-state index in [0.717, 1.165) is 17.6 Å². The lowest BCUT2D eigenvalue weighted by Crippen LogP contribution is -2.70. The summed E-state index contributed by atoms with van der Waals surface area (Å²) in [6, 6.07) is 0.